The van der Waals surface area contributed by atoms with Gasteiger partial charge in [0.05, 0.1) is 0 Å². The number of hydrogen-bond acceptors (Lipinski definition) is 4. The molecule has 6 heteroatoms. The van der Waals surface area contributed by atoms with Crippen LogP contribution in [-0.4, -0.2) is 42.5 Å². The first-order valence-corrected chi connectivity index (χ1v) is 9.20. The molecule has 0 bridgehead atoms. The van der Waals surface area contributed by atoms with Crippen molar-refractivity contribution >= 4 is 17.2 Å². The van der Waals surface area contributed by atoms with Crippen LogP contribution in [0, 0.1) is 11.7 Å². The van der Waals surface area contributed by atoms with Gasteiger partial charge in [-0.2, -0.15) is 0 Å². The molecule has 2 aromatic rings. The minimum atomic E-state index is -0.271. The van der Waals surface area contributed by atoms with E-state index in [0.29, 0.717) is 11.6 Å². The zero-order valence-corrected chi connectivity index (χ0v) is 14.6. The number of benzene rings is 1. The molecule has 0 aliphatic carbocycles. The summed E-state index contributed by atoms with van der Waals surface area (Å²) in [5, 5.41) is 5.74. The van der Waals surface area contributed by atoms with Gasteiger partial charge in [0.25, 0.3) is 5.91 Å². The van der Waals surface area contributed by atoms with Crippen molar-refractivity contribution in [2.24, 2.45) is 5.92 Å². The first-order valence-electron chi connectivity index (χ1n) is 8.32. The van der Waals surface area contributed by atoms with Crippen LogP contribution in [0.2, 0.25) is 0 Å². The van der Waals surface area contributed by atoms with Gasteiger partial charge in [0.2, 0.25) is 0 Å². The zero-order valence-electron chi connectivity index (χ0n) is 13.8. The van der Waals surface area contributed by atoms with Crippen LogP contribution < -0.4 is 5.32 Å². The van der Waals surface area contributed by atoms with Gasteiger partial charge in [0.15, 0.2) is 0 Å². The number of thiazole rings is 1. The Morgan fingerprint density at radius 1 is 1.33 bits per heavy atom. The van der Waals surface area contributed by atoms with Crippen molar-refractivity contribution in [3.05, 3.63) is 41.2 Å². The number of likely N-dealkylation sites (tertiary alicyclic amines) is 1. The first kappa shape index (κ1) is 17.0. The van der Waals surface area contributed by atoms with Gasteiger partial charge in [-0.15, -0.1) is 11.3 Å². The molecule has 3 rings (SSSR count). The van der Waals surface area contributed by atoms with Gasteiger partial charge in [-0.3, -0.25) is 4.79 Å². The summed E-state index contributed by atoms with van der Waals surface area (Å²) in [5.74, 6) is 0.436. The third-order valence-electron chi connectivity index (χ3n) is 4.52. The Kier molecular flexibility index (Phi) is 5.58. The summed E-state index contributed by atoms with van der Waals surface area (Å²) < 4.78 is 13.0. The second-order valence-electron chi connectivity index (χ2n) is 6.17. The lowest BCUT2D eigenvalue weighted by atomic mass is 9.93. The Balaban J connectivity index is 1.61. The van der Waals surface area contributed by atoms with Gasteiger partial charge < -0.3 is 10.2 Å². The molecular weight excluding hydrogens is 325 g/mol. The standard InChI is InChI=1S/C18H22FN3OS/c1-20-9-6-13-7-10-22(11-8-13)18(23)16-12-24-17(21-16)14-2-4-15(19)5-3-14/h2-5,12-13,20H,6-11H2,1H3. The number of aromatic nitrogens is 1. The summed E-state index contributed by atoms with van der Waals surface area (Å²) in [6.45, 7) is 2.64. The van der Waals surface area contributed by atoms with E-state index in [2.05, 4.69) is 10.3 Å². The average molecular weight is 347 g/mol. The van der Waals surface area contributed by atoms with Gasteiger partial charge >= 0.3 is 0 Å². The molecule has 0 radical (unpaired) electrons. The van der Waals surface area contributed by atoms with Gasteiger partial charge in [0.1, 0.15) is 16.5 Å². The van der Waals surface area contributed by atoms with E-state index < -0.39 is 0 Å². The predicted molar refractivity (Wildman–Crippen MR) is 94.7 cm³/mol. The molecule has 0 atom stereocenters. The Morgan fingerprint density at radius 3 is 2.71 bits per heavy atom. The molecule has 1 saturated heterocycles. The van der Waals surface area contributed by atoms with Crippen molar-refractivity contribution < 1.29 is 9.18 Å². The lowest BCUT2D eigenvalue weighted by molar-refractivity contribution is 0.0682. The zero-order chi connectivity index (χ0) is 16.9. The van der Waals surface area contributed by atoms with Crippen LogP contribution >= 0.6 is 11.3 Å². The van der Waals surface area contributed by atoms with Crippen molar-refractivity contribution in [1.82, 2.24) is 15.2 Å². The van der Waals surface area contributed by atoms with E-state index in [0.717, 1.165) is 43.0 Å². The van der Waals surface area contributed by atoms with Crippen molar-refractivity contribution in [2.75, 3.05) is 26.7 Å². The van der Waals surface area contributed by atoms with Crippen LogP contribution in [0.25, 0.3) is 10.6 Å². The van der Waals surface area contributed by atoms with Crippen LogP contribution in [0.15, 0.2) is 29.6 Å². The smallest absolute Gasteiger partial charge is 0.273 e. The second-order valence-corrected chi connectivity index (χ2v) is 7.03. The van der Waals surface area contributed by atoms with E-state index in [9.17, 15) is 9.18 Å². The number of carbonyl (C=O) groups excluding carboxylic acids is 1. The van der Waals surface area contributed by atoms with Gasteiger partial charge in [0, 0.05) is 24.0 Å². The predicted octanol–water partition coefficient (Wildman–Crippen LogP) is 3.41. The maximum absolute atomic E-state index is 13.0. The molecular formula is C18H22FN3OS. The molecule has 2 heterocycles. The number of halogens is 1. The van der Waals surface area contributed by atoms with E-state index in [4.69, 9.17) is 0 Å². The minimum Gasteiger partial charge on any atom is -0.337 e. The molecule has 1 aliphatic heterocycles. The van der Waals surface area contributed by atoms with E-state index in [1.54, 1.807) is 17.5 Å². The Labute approximate surface area is 145 Å². The first-order chi connectivity index (χ1) is 11.7. The number of nitrogens with zero attached hydrogens (tertiary/aromatic N) is 2. The molecule has 4 nitrogen and oxygen atoms in total. The number of piperidine rings is 1. The molecule has 0 saturated carbocycles. The molecule has 0 unspecified atom stereocenters. The summed E-state index contributed by atoms with van der Waals surface area (Å²) in [7, 11) is 1.97. The number of nitrogens with one attached hydrogen (secondary N) is 1. The second kappa shape index (κ2) is 7.85. The van der Waals surface area contributed by atoms with Crippen molar-refractivity contribution in [1.29, 1.82) is 0 Å². The molecule has 1 fully saturated rings. The fraction of sp³-hybridized carbons (Fsp3) is 0.444. The highest BCUT2D eigenvalue weighted by atomic mass is 32.1. The quantitative estimate of drug-likeness (QED) is 0.901. The van der Waals surface area contributed by atoms with Crippen LogP contribution in [0.1, 0.15) is 29.8 Å². The highest BCUT2D eigenvalue weighted by Gasteiger charge is 2.24. The molecule has 24 heavy (non-hydrogen) atoms. The molecule has 1 aromatic heterocycles. The topological polar surface area (TPSA) is 45.2 Å². The molecule has 1 N–H and O–H groups in total. The lowest BCUT2D eigenvalue weighted by Crippen LogP contribution is -2.39. The Bertz CT molecular complexity index is 678. The lowest BCUT2D eigenvalue weighted by Gasteiger charge is -2.31. The maximum Gasteiger partial charge on any atom is 0.273 e. The summed E-state index contributed by atoms with van der Waals surface area (Å²) in [4.78, 5) is 19.0. The van der Waals surface area contributed by atoms with Crippen molar-refractivity contribution in [3.63, 3.8) is 0 Å². The fourth-order valence-corrected chi connectivity index (χ4v) is 3.83. The largest absolute Gasteiger partial charge is 0.337 e. The number of rotatable bonds is 5. The average Bonchev–Trinajstić information content (AvgIpc) is 3.10. The number of amides is 1. The van der Waals surface area contributed by atoms with Gasteiger partial charge in [-0.1, -0.05) is 0 Å². The van der Waals surface area contributed by atoms with E-state index in [1.165, 1.54) is 29.9 Å². The fourth-order valence-electron chi connectivity index (χ4n) is 3.03. The van der Waals surface area contributed by atoms with E-state index in [-0.39, 0.29) is 11.7 Å². The highest BCUT2D eigenvalue weighted by Crippen LogP contribution is 2.26. The molecule has 1 amide bonds. The van der Waals surface area contributed by atoms with E-state index >= 15 is 0 Å². The number of hydrogen-bond donors (Lipinski definition) is 1. The molecule has 0 spiro atoms. The van der Waals surface area contributed by atoms with Gasteiger partial charge in [-0.25, -0.2) is 9.37 Å². The highest BCUT2D eigenvalue weighted by molar-refractivity contribution is 7.13. The van der Waals surface area contributed by atoms with Crippen molar-refractivity contribution in [2.45, 2.75) is 19.3 Å². The summed E-state index contributed by atoms with van der Waals surface area (Å²) in [6, 6.07) is 6.20. The third-order valence-corrected chi connectivity index (χ3v) is 5.41. The monoisotopic (exact) mass is 347 g/mol. The summed E-state index contributed by atoms with van der Waals surface area (Å²) in [5.41, 5.74) is 1.33. The molecule has 1 aliphatic rings. The normalized spacial score (nSPS) is 15.7. The van der Waals surface area contributed by atoms with Crippen LogP contribution in [0.4, 0.5) is 4.39 Å². The Hall–Kier alpha value is -1.79. The number of carbonyl (C=O) groups is 1. The summed E-state index contributed by atoms with van der Waals surface area (Å²) in [6.07, 6.45) is 3.29. The Morgan fingerprint density at radius 2 is 2.04 bits per heavy atom. The van der Waals surface area contributed by atoms with Crippen LogP contribution in [-0.2, 0) is 0 Å². The van der Waals surface area contributed by atoms with Gasteiger partial charge in [-0.05, 0) is 63.0 Å². The maximum atomic E-state index is 13.0. The van der Waals surface area contributed by atoms with Crippen LogP contribution in [0.3, 0.4) is 0 Å². The van der Waals surface area contributed by atoms with Crippen molar-refractivity contribution in [3.8, 4) is 10.6 Å². The van der Waals surface area contributed by atoms with E-state index in [1.807, 2.05) is 11.9 Å². The SMILES string of the molecule is CNCCC1CCN(C(=O)c2csc(-c3ccc(F)cc3)n2)CC1. The molecule has 128 valence electrons. The molecule has 1 aromatic carbocycles. The van der Waals surface area contributed by atoms with Crippen LogP contribution in [0.5, 0.6) is 0 Å². The summed E-state index contributed by atoms with van der Waals surface area (Å²) >= 11 is 1.42. The third kappa shape index (κ3) is 3.99. The minimum absolute atomic E-state index is 0.00618.